The number of rotatable bonds is 5. The van der Waals surface area contributed by atoms with E-state index in [-0.39, 0.29) is 11.3 Å². The first-order valence-electron chi connectivity index (χ1n) is 5.91. The van der Waals surface area contributed by atoms with Crippen LogP contribution in [0.25, 0.3) is 0 Å². The van der Waals surface area contributed by atoms with Gasteiger partial charge in [-0.15, -0.1) is 11.6 Å². The van der Waals surface area contributed by atoms with Gasteiger partial charge in [0.05, 0.1) is 0 Å². The van der Waals surface area contributed by atoms with E-state index in [9.17, 15) is 4.79 Å². The Hall–Kier alpha value is -1.02. The lowest BCUT2D eigenvalue weighted by atomic mass is 9.90. The number of alkyl halides is 1. The highest BCUT2D eigenvalue weighted by Crippen LogP contribution is 2.18. The highest BCUT2D eigenvalue weighted by molar-refractivity contribution is 6.17. The molecule has 17 heavy (non-hydrogen) atoms. The molecule has 0 aromatic heterocycles. The fourth-order valence-electron chi connectivity index (χ4n) is 1.34. The third-order valence-electron chi connectivity index (χ3n) is 3.03. The van der Waals surface area contributed by atoms with Gasteiger partial charge in [0.15, 0.2) is 0 Å². The van der Waals surface area contributed by atoms with E-state index in [1.54, 1.807) is 0 Å². The fourth-order valence-corrected chi connectivity index (χ4v) is 1.51. The molecule has 94 valence electrons. The zero-order valence-electron chi connectivity index (χ0n) is 10.7. The Morgan fingerprint density at radius 2 is 2.12 bits per heavy atom. The lowest BCUT2D eigenvalue weighted by Crippen LogP contribution is -2.33. The smallest absolute Gasteiger partial charge is 0.251 e. The van der Waals surface area contributed by atoms with Gasteiger partial charge in [-0.2, -0.15) is 0 Å². The molecule has 0 aliphatic rings. The number of hydrogen-bond acceptors (Lipinski definition) is 1. The van der Waals surface area contributed by atoms with Crippen molar-refractivity contribution in [3.8, 4) is 0 Å². The van der Waals surface area contributed by atoms with Crippen LogP contribution in [0, 0.1) is 5.41 Å². The van der Waals surface area contributed by atoms with Gasteiger partial charge in [-0.1, -0.05) is 32.9 Å². The van der Waals surface area contributed by atoms with Crippen molar-refractivity contribution in [1.29, 1.82) is 0 Å². The van der Waals surface area contributed by atoms with Gasteiger partial charge in [0.25, 0.3) is 5.91 Å². The molecule has 0 aliphatic carbocycles. The lowest BCUT2D eigenvalue weighted by Gasteiger charge is -2.22. The van der Waals surface area contributed by atoms with Gasteiger partial charge in [-0.25, -0.2) is 0 Å². The molecule has 1 N–H and O–H groups in total. The number of nitrogens with one attached hydrogen (secondary N) is 1. The van der Waals surface area contributed by atoms with Crippen LogP contribution in [-0.4, -0.2) is 12.5 Å². The van der Waals surface area contributed by atoms with Crippen molar-refractivity contribution in [2.45, 2.75) is 33.1 Å². The Bertz CT molecular complexity index is 388. The van der Waals surface area contributed by atoms with Crippen molar-refractivity contribution in [1.82, 2.24) is 5.32 Å². The largest absolute Gasteiger partial charge is 0.352 e. The summed E-state index contributed by atoms with van der Waals surface area (Å²) in [6.07, 6.45) is 1.04. The van der Waals surface area contributed by atoms with Crippen LogP contribution in [0.15, 0.2) is 24.3 Å². The Morgan fingerprint density at radius 1 is 1.41 bits per heavy atom. The molecule has 0 spiro atoms. The van der Waals surface area contributed by atoms with Crippen LogP contribution in [0.3, 0.4) is 0 Å². The summed E-state index contributed by atoms with van der Waals surface area (Å²) < 4.78 is 0. The number of benzene rings is 1. The standard InChI is InChI=1S/C14H20ClNO/c1-4-14(2,3)10-16-13(17)12-7-5-6-11(8-12)9-15/h5-8H,4,9-10H2,1-3H3,(H,16,17). The summed E-state index contributed by atoms with van der Waals surface area (Å²) in [5.74, 6) is 0.403. The van der Waals surface area contributed by atoms with Crippen molar-refractivity contribution < 1.29 is 4.79 Å². The second kappa shape index (κ2) is 6.06. The minimum atomic E-state index is -0.0292. The first kappa shape index (κ1) is 14.0. The zero-order chi connectivity index (χ0) is 12.9. The summed E-state index contributed by atoms with van der Waals surface area (Å²) in [5.41, 5.74) is 1.78. The van der Waals surface area contributed by atoms with Crippen LogP contribution in [0.5, 0.6) is 0 Å². The molecule has 0 saturated heterocycles. The average molecular weight is 254 g/mol. The topological polar surface area (TPSA) is 29.1 Å². The van der Waals surface area contributed by atoms with E-state index >= 15 is 0 Å². The quantitative estimate of drug-likeness (QED) is 0.799. The summed E-state index contributed by atoms with van der Waals surface area (Å²) in [6, 6.07) is 7.42. The summed E-state index contributed by atoms with van der Waals surface area (Å²) >= 11 is 5.74. The van der Waals surface area contributed by atoms with Gasteiger partial charge in [0.2, 0.25) is 0 Å². The Labute approximate surface area is 108 Å². The molecule has 0 heterocycles. The fraction of sp³-hybridized carbons (Fsp3) is 0.500. The Kier molecular flexibility index (Phi) is 5.01. The molecule has 0 saturated carbocycles. The van der Waals surface area contributed by atoms with Crippen molar-refractivity contribution in [2.24, 2.45) is 5.41 Å². The number of carbonyl (C=O) groups is 1. The lowest BCUT2D eigenvalue weighted by molar-refractivity contribution is 0.0935. The van der Waals surface area contributed by atoms with E-state index < -0.39 is 0 Å². The molecular formula is C14H20ClNO. The molecule has 2 nitrogen and oxygen atoms in total. The van der Waals surface area contributed by atoms with Gasteiger partial charge in [0, 0.05) is 18.0 Å². The molecule has 0 unspecified atom stereocenters. The molecule has 0 fully saturated rings. The number of amides is 1. The highest BCUT2D eigenvalue weighted by atomic mass is 35.5. The normalized spacial score (nSPS) is 11.3. The van der Waals surface area contributed by atoms with Crippen LogP contribution >= 0.6 is 11.6 Å². The first-order valence-corrected chi connectivity index (χ1v) is 6.45. The molecule has 0 radical (unpaired) electrons. The average Bonchev–Trinajstić information content (AvgIpc) is 2.36. The zero-order valence-corrected chi connectivity index (χ0v) is 11.5. The minimum absolute atomic E-state index is 0.0292. The first-order chi connectivity index (χ1) is 7.98. The van der Waals surface area contributed by atoms with Gasteiger partial charge in [0.1, 0.15) is 0 Å². The third-order valence-corrected chi connectivity index (χ3v) is 3.34. The van der Waals surface area contributed by atoms with Crippen LogP contribution in [-0.2, 0) is 5.88 Å². The predicted octanol–water partition coefficient (Wildman–Crippen LogP) is 3.59. The molecule has 0 atom stereocenters. The van der Waals surface area contributed by atoms with E-state index in [4.69, 9.17) is 11.6 Å². The second-order valence-electron chi connectivity index (χ2n) is 5.03. The maximum Gasteiger partial charge on any atom is 0.251 e. The number of carbonyl (C=O) groups excluding carboxylic acids is 1. The molecule has 1 amide bonds. The molecular weight excluding hydrogens is 234 g/mol. The maximum atomic E-state index is 11.9. The van der Waals surface area contributed by atoms with Crippen LogP contribution in [0.4, 0.5) is 0 Å². The van der Waals surface area contributed by atoms with E-state index in [1.807, 2.05) is 24.3 Å². The summed E-state index contributed by atoms with van der Waals surface area (Å²) in [7, 11) is 0. The Morgan fingerprint density at radius 3 is 2.71 bits per heavy atom. The summed E-state index contributed by atoms with van der Waals surface area (Å²) in [4.78, 5) is 11.9. The molecule has 1 aromatic carbocycles. The van der Waals surface area contributed by atoms with Gasteiger partial charge < -0.3 is 5.32 Å². The maximum absolute atomic E-state index is 11.9. The minimum Gasteiger partial charge on any atom is -0.352 e. The summed E-state index contributed by atoms with van der Waals surface area (Å²) in [6.45, 7) is 7.10. The molecule has 0 bridgehead atoms. The molecule has 1 rings (SSSR count). The third kappa shape index (κ3) is 4.39. The van der Waals surface area contributed by atoms with Gasteiger partial charge >= 0.3 is 0 Å². The second-order valence-corrected chi connectivity index (χ2v) is 5.30. The van der Waals surface area contributed by atoms with Gasteiger partial charge in [-0.3, -0.25) is 4.79 Å². The van der Waals surface area contributed by atoms with Gasteiger partial charge in [-0.05, 0) is 29.5 Å². The molecule has 1 aromatic rings. The molecule has 0 aliphatic heterocycles. The predicted molar refractivity (Wildman–Crippen MR) is 72.4 cm³/mol. The monoisotopic (exact) mass is 253 g/mol. The molecule has 3 heteroatoms. The van der Waals surface area contributed by atoms with E-state index in [2.05, 4.69) is 26.1 Å². The summed E-state index contributed by atoms with van der Waals surface area (Å²) in [5, 5.41) is 2.96. The van der Waals surface area contributed by atoms with Crippen molar-refractivity contribution in [3.63, 3.8) is 0 Å². The SMILES string of the molecule is CCC(C)(C)CNC(=O)c1cccc(CCl)c1. The number of halogens is 1. The van der Waals surface area contributed by atoms with Crippen molar-refractivity contribution in [3.05, 3.63) is 35.4 Å². The van der Waals surface area contributed by atoms with E-state index in [0.29, 0.717) is 18.0 Å². The Balaban J connectivity index is 2.64. The van der Waals surface area contributed by atoms with Crippen LogP contribution in [0.1, 0.15) is 43.1 Å². The van der Waals surface area contributed by atoms with Crippen molar-refractivity contribution in [2.75, 3.05) is 6.54 Å². The van der Waals surface area contributed by atoms with E-state index in [1.165, 1.54) is 0 Å². The van der Waals surface area contributed by atoms with Crippen LogP contribution < -0.4 is 5.32 Å². The van der Waals surface area contributed by atoms with Crippen molar-refractivity contribution >= 4 is 17.5 Å². The van der Waals surface area contributed by atoms with Crippen LogP contribution in [0.2, 0.25) is 0 Å². The highest BCUT2D eigenvalue weighted by Gasteiger charge is 2.16. The number of hydrogen-bond donors (Lipinski definition) is 1. The van der Waals surface area contributed by atoms with E-state index in [0.717, 1.165) is 12.0 Å².